The zero-order valence-electron chi connectivity index (χ0n) is 11.5. The molecule has 0 fully saturated rings. The van der Waals surface area contributed by atoms with Gasteiger partial charge in [0, 0.05) is 35.1 Å². The number of pyridine rings is 1. The van der Waals surface area contributed by atoms with Crippen molar-refractivity contribution < 1.29 is 13.5 Å². The zero-order chi connectivity index (χ0) is 15.5. The SMILES string of the molecule is Nc1ccc(-c2ccc(F)nc2)c(Oc2cccc(F)c2)c1. The van der Waals surface area contributed by atoms with Crippen molar-refractivity contribution in [2.24, 2.45) is 0 Å². The first-order valence-electron chi connectivity index (χ1n) is 6.57. The Labute approximate surface area is 126 Å². The third kappa shape index (κ3) is 3.03. The lowest BCUT2D eigenvalue weighted by Crippen LogP contribution is -1.93. The molecule has 1 heterocycles. The van der Waals surface area contributed by atoms with Crippen molar-refractivity contribution in [1.82, 2.24) is 4.98 Å². The summed E-state index contributed by atoms with van der Waals surface area (Å²) in [6.07, 6.45) is 1.40. The number of nitrogens with two attached hydrogens (primary N) is 1. The molecule has 2 N–H and O–H groups in total. The molecule has 110 valence electrons. The molecule has 3 nitrogen and oxygen atoms in total. The highest BCUT2D eigenvalue weighted by Crippen LogP contribution is 2.34. The second-order valence-corrected chi connectivity index (χ2v) is 4.68. The van der Waals surface area contributed by atoms with Crippen molar-refractivity contribution >= 4 is 5.69 Å². The van der Waals surface area contributed by atoms with E-state index in [0.717, 1.165) is 0 Å². The third-order valence-electron chi connectivity index (χ3n) is 3.07. The Morgan fingerprint density at radius 2 is 1.82 bits per heavy atom. The van der Waals surface area contributed by atoms with E-state index in [1.165, 1.54) is 24.4 Å². The predicted octanol–water partition coefficient (Wildman–Crippen LogP) is 4.40. The predicted molar refractivity (Wildman–Crippen MR) is 80.5 cm³/mol. The highest BCUT2D eigenvalue weighted by molar-refractivity contribution is 5.72. The van der Waals surface area contributed by atoms with E-state index < -0.39 is 11.8 Å². The third-order valence-corrected chi connectivity index (χ3v) is 3.07. The van der Waals surface area contributed by atoms with Gasteiger partial charge >= 0.3 is 0 Å². The van der Waals surface area contributed by atoms with Crippen molar-refractivity contribution in [3.63, 3.8) is 0 Å². The van der Waals surface area contributed by atoms with E-state index in [-0.39, 0.29) is 0 Å². The molecule has 0 bridgehead atoms. The van der Waals surface area contributed by atoms with E-state index in [1.54, 1.807) is 36.4 Å². The molecule has 22 heavy (non-hydrogen) atoms. The van der Waals surface area contributed by atoms with E-state index in [9.17, 15) is 8.78 Å². The van der Waals surface area contributed by atoms with Gasteiger partial charge in [-0.25, -0.2) is 9.37 Å². The molecule has 3 aromatic rings. The Kier molecular flexibility index (Phi) is 3.70. The van der Waals surface area contributed by atoms with Gasteiger partial charge in [0.1, 0.15) is 17.3 Å². The summed E-state index contributed by atoms with van der Waals surface area (Å²) >= 11 is 0. The van der Waals surface area contributed by atoms with Crippen LogP contribution in [0.1, 0.15) is 0 Å². The van der Waals surface area contributed by atoms with Crippen LogP contribution < -0.4 is 10.5 Å². The summed E-state index contributed by atoms with van der Waals surface area (Å²) < 4.78 is 31.9. The number of aromatic nitrogens is 1. The van der Waals surface area contributed by atoms with Crippen LogP contribution in [0.4, 0.5) is 14.5 Å². The highest BCUT2D eigenvalue weighted by atomic mass is 19.1. The minimum Gasteiger partial charge on any atom is -0.457 e. The van der Waals surface area contributed by atoms with Crippen molar-refractivity contribution in [2.45, 2.75) is 0 Å². The summed E-state index contributed by atoms with van der Waals surface area (Å²) in [5.41, 5.74) is 7.65. The fraction of sp³-hybridized carbons (Fsp3) is 0. The Morgan fingerprint density at radius 3 is 2.55 bits per heavy atom. The first kappa shape index (κ1) is 14.0. The van der Waals surface area contributed by atoms with Crippen LogP contribution in [0, 0.1) is 11.8 Å². The lowest BCUT2D eigenvalue weighted by molar-refractivity contribution is 0.478. The van der Waals surface area contributed by atoms with E-state index in [2.05, 4.69) is 4.98 Å². The number of rotatable bonds is 3. The summed E-state index contributed by atoms with van der Waals surface area (Å²) in [5, 5.41) is 0. The molecule has 0 unspecified atom stereocenters. The molecular weight excluding hydrogens is 286 g/mol. The van der Waals surface area contributed by atoms with Crippen molar-refractivity contribution in [2.75, 3.05) is 5.73 Å². The van der Waals surface area contributed by atoms with Crippen LogP contribution in [0.3, 0.4) is 0 Å². The van der Waals surface area contributed by atoms with E-state index in [4.69, 9.17) is 10.5 Å². The van der Waals surface area contributed by atoms with Gasteiger partial charge in [0.25, 0.3) is 0 Å². The van der Waals surface area contributed by atoms with Crippen LogP contribution in [-0.2, 0) is 0 Å². The van der Waals surface area contributed by atoms with Crippen LogP contribution in [-0.4, -0.2) is 4.98 Å². The number of hydrogen-bond donors (Lipinski definition) is 1. The largest absolute Gasteiger partial charge is 0.457 e. The van der Waals surface area contributed by atoms with Gasteiger partial charge < -0.3 is 10.5 Å². The molecule has 0 saturated carbocycles. The quantitative estimate of drug-likeness (QED) is 0.576. The second-order valence-electron chi connectivity index (χ2n) is 4.68. The topological polar surface area (TPSA) is 48.1 Å². The Morgan fingerprint density at radius 1 is 0.955 bits per heavy atom. The first-order valence-corrected chi connectivity index (χ1v) is 6.57. The maximum absolute atomic E-state index is 13.3. The van der Waals surface area contributed by atoms with Crippen LogP contribution in [0.5, 0.6) is 11.5 Å². The van der Waals surface area contributed by atoms with Gasteiger partial charge in [0.15, 0.2) is 0 Å². The average Bonchev–Trinajstić information content (AvgIpc) is 2.49. The fourth-order valence-corrected chi connectivity index (χ4v) is 2.05. The number of nitrogens with zero attached hydrogens (tertiary/aromatic N) is 1. The maximum atomic E-state index is 13.3. The number of benzene rings is 2. The summed E-state index contributed by atoms with van der Waals surface area (Å²) in [4.78, 5) is 3.63. The number of ether oxygens (including phenoxy) is 1. The summed E-state index contributed by atoms with van der Waals surface area (Å²) in [6, 6.07) is 13.7. The molecule has 1 aromatic heterocycles. The molecule has 0 aliphatic carbocycles. The van der Waals surface area contributed by atoms with Gasteiger partial charge in [-0.2, -0.15) is 4.39 Å². The standard InChI is InChI=1S/C17H12F2N2O/c18-12-2-1-3-14(8-12)22-16-9-13(20)5-6-15(16)11-4-7-17(19)21-10-11/h1-10H,20H2. The van der Waals surface area contributed by atoms with Crippen molar-refractivity contribution in [1.29, 1.82) is 0 Å². The average molecular weight is 298 g/mol. The zero-order valence-corrected chi connectivity index (χ0v) is 11.5. The number of nitrogen functional groups attached to an aromatic ring is 1. The summed E-state index contributed by atoms with van der Waals surface area (Å²) in [5.74, 6) is -0.167. The second kappa shape index (κ2) is 5.81. The molecule has 0 aliphatic heterocycles. The molecule has 0 atom stereocenters. The molecule has 2 aromatic carbocycles. The summed E-state index contributed by atoms with van der Waals surface area (Å²) in [6.45, 7) is 0. The van der Waals surface area contributed by atoms with Gasteiger partial charge in [-0.3, -0.25) is 0 Å². The molecule has 5 heteroatoms. The monoisotopic (exact) mass is 298 g/mol. The van der Waals surface area contributed by atoms with Crippen LogP contribution in [0.2, 0.25) is 0 Å². The van der Waals surface area contributed by atoms with E-state index in [0.29, 0.717) is 28.3 Å². The minimum absolute atomic E-state index is 0.349. The van der Waals surface area contributed by atoms with Gasteiger partial charge in [0.2, 0.25) is 5.95 Å². The lowest BCUT2D eigenvalue weighted by Gasteiger charge is -2.12. The molecular formula is C17H12F2N2O. The molecule has 0 radical (unpaired) electrons. The van der Waals surface area contributed by atoms with Crippen LogP contribution in [0.25, 0.3) is 11.1 Å². The molecule has 0 spiro atoms. The Bertz CT molecular complexity index is 804. The van der Waals surface area contributed by atoms with Crippen molar-refractivity contribution in [3.8, 4) is 22.6 Å². The number of anilines is 1. The van der Waals surface area contributed by atoms with Gasteiger partial charge in [-0.1, -0.05) is 6.07 Å². The molecule has 0 amide bonds. The fourth-order valence-electron chi connectivity index (χ4n) is 2.05. The minimum atomic E-state index is -0.563. The van der Waals surface area contributed by atoms with Gasteiger partial charge in [-0.15, -0.1) is 0 Å². The Balaban J connectivity index is 2.02. The first-order chi connectivity index (χ1) is 10.6. The molecule has 0 aliphatic rings. The Hall–Kier alpha value is -2.95. The van der Waals surface area contributed by atoms with E-state index >= 15 is 0 Å². The van der Waals surface area contributed by atoms with Crippen molar-refractivity contribution in [3.05, 3.63) is 72.6 Å². The highest BCUT2D eigenvalue weighted by Gasteiger charge is 2.09. The number of halogens is 2. The smallest absolute Gasteiger partial charge is 0.212 e. The lowest BCUT2D eigenvalue weighted by atomic mass is 10.1. The number of hydrogen-bond acceptors (Lipinski definition) is 3. The van der Waals surface area contributed by atoms with E-state index in [1.807, 2.05) is 0 Å². The van der Waals surface area contributed by atoms with Crippen LogP contribution in [0.15, 0.2) is 60.8 Å². The maximum Gasteiger partial charge on any atom is 0.212 e. The van der Waals surface area contributed by atoms with Gasteiger partial charge in [-0.05, 0) is 36.4 Å². The molecule has 0 saturated heterocycles. The molecule has 3 rings (SSSR count). The van der Waals surface area contributed by atoms with Gasteiger partial charge in [0.05, 0.1) is 0 Å². The normalized spacial score (nSPS) is 10.5. The van der Waals surface area contributed by atoms with Crippen LogP contribution >= 0.6 is 0 Å². The summed E-state index contributed by atoms with van der Waals surface area (Å²) in [7, 11) is 0.